The van der Waals surface area contributed by atoms with Gasteiger partial charge in [0.2, 0.25) is 0 Å². The molecule has 0 N–H and O–H groups in total. The molecule has 0 fully saturated rings. The average Bonchev–Trinajstić information content (AvgIpc) is 2.35. The van der Waals surface area contributed by atoms with E-state index in [2.05, 4.69) is 59.0 Å². The normalized spacial score (nSPS) is 15.4. The molecular weight excluding hydrogens is 640 g/mol. The van der Waals surface area contributed by atoms with Gasteiger partial charge in [-0.25, -0.2) is 0 Å². The van der Waals surface area contributed by atoms with Crippen LogP contribution in [0.15, 0.2) is 36.8 Å². The SMILES string of the molecule is C=C[Si](C)(C)O[Si](C)(C)O[Si](C)O[Si](C)(C=C)O[Si](C)(C)C=C.[Rf]. The third-order valence-electron chi connectivity index (χ3n) is 3.06. The van der Waals surface area contributed by atoms with Crippen LogP contribution in [0.5, 0.6) is 0 Å². The van der Waals surface area contributed by atoms with Crippen LogP contribution in [0.25, 0.3) is 0 Å². The van der Waals surface area contributed by atoms with Crippen molar-refractivity contribution in [2.45, 2.75) is 52.4 Å². The van der Waals surface area contributed by atoms with Gasteiger partial charge in [0, 0.05) is 0 Å². The van der Waals surface area contributed by atoms with Crippen LogP contribution < -0.4 is 0 Å². The zero-order valence-corrected chi connectivity index (χ0v) is 28.1. The molecule has 135 valence electrons. The molecule has 0 aromatic carbocycles. The van der Waals surface area contributed by atoms with Crippen molar-refractivity contribution in [1.29, 1.82) is 0 Å². The van der Waals surface area contributed by atoms with Crippen molar-refractivity contribution < 1.29 is 16.5 Å². The van der Waals surface area contributed by atoms with E-state index in [1.54, 1.807) is 0 Å². The minimum absolute atomic E-state index is 0. The zero-order valence-electron chi connectivity index (χ0n) is 16.7. The average molecular weight is 673 g/mol. The summed E-state index contributed by atoms with van der Waals surface area (Å²) < 4.78 is 24.9. The molecule has 0 bridgehead atoms. The van der Waals surface area contributed by atoms with Crippen LogP contribution in [0, 0.1) is 0 Å². The first kappa shape index (κ1) is 25.4. The van der Waals surface area contributed by atoms with Crippen LogP contribution >= 0.6 is 0 Å². The van der Waals surface area contributed by atoms with Gasteiger partial charge in [0.25, 0.3) is 0 Å². The molecule has 0 aliphatic carbocycles. The maximum atomic E-state index is 6.26. The summed E-state index contributed by atoms with van der Waals surface area (Å²) >= 11 is 0. The minimum atomic E-state index is -2.48. The summed E-state index contributed by atoms with van der Waals surface area (Å²) in [4.78, 5) is 0. The van der Waals surface area contributed by atoms with Crippen molar-refractivity contribution in [2.24, 2.45) is 0 Å². The van der Waals surface area contributed by atoms with Crippen molar-refractivity contribution in [2.75, 3.05) is 0 Å². The van der Waals surface area contributed by atoms with E-state index in [1.165, 1.54) is 0 Å². The van der Waals surface area contributed by atoms with Crippen molar-refractivity contribution in [3.63, 3.8) is 0 Å². The Bertz CT molecular complexity index is 445. The topological polar surface area (TPSA) is 36.9 Å². The molecule has 0 heterocycles. The van der Waals surface area contributed by atoms with E-state index >= 15 is 0 Å². The summed E-state index contributed by atoms with van der Waals surface area (Å²) in [7, 11) is -10.1. The molecule has 24 heavy (non-hydrogen) atoms. The molecular formula is C14H33O4RfSi5. The molecule has 0 spiro atoms. The predicted octanol–water partition coefficient (Wildman–Crippen LogP) is 4.53. The first-order chi connectivity index (χ1) is 10.2. The molecule has 0 rings (SSSR count). The van der Waals surface area contributed by atoms with E-state index in [-0.39, 0.29) is 0 Å². The molecule has 0 saturated carbocycles. The van der Waals surface area contributed by atoms with Gasteiger partial charge < -0.3 is 16.5 Å². The van der Waals surface area contributed by atoms with Gasteiger partial charge in [-0.05, 0) is 52.4 Å². The molecule has 0 aliphatic heterocycles. The van der Waals surface area contributed by atoms with Gasteiger partial charge >= 0.3 is 26.4 Å². The van der Waals surface area contributed by atoms with Gasteiger partial charge in [-0.15, -0.1) is 19.7 Å². The number of rotatable bonds is 11. The van der Waals surface area contributed by atoms with Crippen LogP contribution in [-0.4, -0.2) is 43.0 Å². The minimum Gasteiger partial charge on any atom is -0.433 e. The third kappa shape index (κ3) is 9.44. The van der Waals surface area contributed by atoms with Crippen LogP contribution in [0.2, 0.25) is 52.4 Å². The van der Waals surface area contributed by atoms with Crippen LogP contribution in [0.3, 0.4) is 0 Å². The Kier molecular flexibility index (Phi) is 9.53. The Balaban J connectivity index is 0. The fourth-order valence-corrected chi connectivity index (χ4v) is 19.3. The van der Waals surface area contributed by atoms with Crippen molar-refractivity contribution >= 4 is 43.0 Å². The fraction of sp³-hybridized carbons (Fsp3) is 0.571. The van der Waals surface area contributed by atoms with E-state index in [9.17, 15) is 0 Å². The van der Waals surface area contributed by atoms with E-state index in [4.69, 9.17) is 16.5 Å². The molecule has 1 atom stereocenters. The Morgan fingerprint density at radius 2 is 1.12 bits per heavy atom. The first-order valence-corrected chi connectivity index (χ1v) is 20.7. The van der Waals surface area contributed by atoms with Gasteiger partial charge in [-0.2, -0.15) is 0 Å². The molecule has 0 aromatic rings. The first-order valence-electron chi connectivity index (χ1n) is 7.72. The van der Waals surface area contributed by atoms with Crippen LogP contribution in [0.1, 0.15) is 0 Å². The standard InChI is InChI=1S/C14H33O4Si5.Rf/c1-12-20(5,6)17-22(9,10)15-19(4)16-23(11,14-3)18-21(7,8)13-2;/h12-14H,1-3H2,4-11H3;. The number of hydrogen-bond donors (Lipinski definition) is 0. The van der Waals surface area contributed by atoms with Gasteiger partial charge in [-0.3, -0.25) is 0 Å². The number of hydrogen-bond acceptors (Lipinski definition) is 4. The monoisotopic (exact) mass is 672 g/mol. The smallest absolute Gasteiger partial charge is 0.362 e. The van der Waals surface area contributed by atoms with Crippen molar-refractivity contribution in [3.05, 3.63) is 36.8 Å². The molecule has 10 heteroatoms. The van der Waals surface area contributed by atoms with Crippen LogP contribution in [-0.2, 0) is 16.5 Å². The van der Waals surface area contributed by atoms with Gasteiger partial charge in [0.05, 0.1) is 0 Å². The molecule has 4 nitrogen and oxygen atoms in total. The van der Waals surface area contributed by atoms with Gasteiger partial charge in [-0.1, -0.05) is 17.1 Å². The Morgan fingerprint density at radius 3 is 1.50 bits per heavy atom. The quantitative estimate of drug-likeness (QED) is 0.303. The maximum Gasteiger partial charge on any atom is 0.362 e. The second kappa shape index (κ2) is 9.01. The second-order valence-electron chi connectivity index (χ2n) is 7.13. The summed E-state index contributed by atoms with van der Waals surface area (Å²) in [5.41, 5.74) is 5.66. The maximum absolute atomic E-state index is 6.26. The van der Waals surface area contributed by atoms with Gasteiger partial charge in [0.15, 0.2) is 16.6 Å². The van der Waals surface area contributed by atoms with Crippen molar-refractivity contribution in [1.82, 2.24) is 0 Å². The van der Waals surface area contributed by atoms with Crippen molar-refractivity contribution in [3.8, 4) is 0 Å². The Hall–Kier alpha value is -0.856. The second-order valence-corrected chi connectivity index (χ2v) is 23.9. The third-order valence-corrected chi connectivity index (χ3v) is 19.5. The summed E-state index contributed by atoms with van der Waals surface area (Å²) in [6.07, 6.45) is 0. The largest absolute Gasteiger partial charge is 0.433 e. The summed E-state index contributed by atoms with van der Waals surface area (Å²) in [5, 5.41) is 0. The molecule has 1 unspecified atom stereocenters. The Labute approximate surface area is 148 Å². The van der Waals surface area contributed by atoms with Gasteiger partial charge in [0.1, 0.15) is 0 Å². The molecule has 0 amide bonds. The summed E-state index contributed by atoms with van der Waals surface area (Å²) in [6, 6.07) is 0. The van der Waals surface area contributed by atoms with Crippen LogP contribution in [0.4, 0.5) is 0 Å². The summed E-state index contributed by atoms with van der Waals surface area (Å²) in [5.74, 6) is 0. The molecule has 0 aromatic heterocycles. The molecule has 0 saturated heterocycles. The van der Waals surface area contributed by atoms with E-state index in [1.807, 2.05) is 30.2 Å². The van der Waals surface area contributed by atoms with E-state index in [0.29, 0.717) is 0 Å². The molecule has 0 aliphatic rings. The van der Waals surface area contributed by atoms with E-state index < -0.39 is 43.0 Å². The van der Waals surface area contributed by atoms with E-state index in [0.717, 1.165) is 0 Å². The Morgan fingerprint density at radius 1 is 0.708 bits per heavy atom. The predicted molar refractivity (Wildman–Crippen MR) is 111 cm³/mol. The summed E-state index contributed by atoms with van der Waals surface area (Å²) in [6.45, 7) is 28.2. The zero-order chi connectivity index (χ0) is 18.5. The fourth-order valence-electron chi connectivity index (χ4n) is 2.02. The molecule has 1 radical (unpaired) electrons.